The molecule has 11 heteroatoms. The number of carbonyl (C=O) groups excluding carboxylic acids is 2. The van der Waals surface area contributed by atoms with Gasteiger partial charge in [0.05, 0.1) is 6.54 Å². The fraction of sp³-hybridized carbons (Fsp3) is 0.409. The average Bonchev–Trinajstić information content (AvgIpc) is 3.32. The fourth-order valence-electron chi connectivity index (χ4n) is 3.98. The van der Waals surface area contributed by atoms with Gasteiger partial charge in [-0.15, -0.1) is 0 Å². The maximum absolute atomic E-state index is 13.3. The maximum atomic E-state index is 13.3. The molecule has 3 heterocycles. The molecule has 1 aromatic carbocycles. The van der Waals surface area contributed by atoms with Crippen LogP contribution in [0.3, 0.4) is 0 Å². The second-order valence-corrected chi connectivity index (χ2v) is 7.68. The van der Waals surface area contributed by atoms with Crippen molar-refractivity contribution >= 4 is 22.9 Å². The first-order valence-corrected chi connectivity index (χ1v) is 10.4. The molecular weight excluding hydrogens is 434 g/mol. The van der Waals surface area contributed by atoms with E-state index in [1.807, 2.05) is 6.92 Å². The Morgan fingerprint density at radius 2 is 1.76 bits per heavy atom. The van der Waals surface area contributed by atoms with Crippen molar-refractivity contribution in [2.75, 3.05) is 0 Å². The molecule has 0 radical (unpaired) electrons. The van der Waals surface area contributed by atoms with Gasteiger partial charge in [-0.05, 0) is 18.6 Å². The Balaban J connectivity index is 1.75. The number of esters is 2. The minimum atomic E-state index is -1.10. The highest BCUT2D eigenvalue weighted by atomic mass is 16.6. The van der Waals surface area contributed by atoms with E-state index in [0.717, 1.165) is 9.13 Å². The van der Waals surface area contributed by atoms with E-state index in [4.69, 9.17) is 18.7 Å². The highest BCUT2D eigenvalue weighted by molar-refractivity contribution is 5.79. The Morgan fingerprint density at radius 3 is 2.45 bits per heavy atom. The number of rotatable bonds is 6. The summed E-state index contributed by atoms with van der Waals surface area (Å²) in [7, 11) is 0. The van der Waals surface area contributed by atoms with Crippen LogP contribution in [0.25, 0.3) is 11.0 Å². The molecule has 0 bridgehead atoms. The first kappa shape index (κ1) is 22.5. The predicted molar refractivity (Wildman–Crippen MR) is 113 cm³/mol. The van der Waals surface area contributed by atoms with Gasteiger partial charge in [-0.2, -0.15) is 0 Å². The van der Waals surface area contributed by atoms with Gasteiger partial charge < -0.3 is 18.7 Å². The van der Waals surface area contributed by atoms with Crippen LogP contribution in [-0.4, -0.2) is 44.5 Å². The van der Waals surface area contributed by atoms with Crippen LogP contribution in [0.4, 0.5) is 0 Å². The van der Waals surface area contributed by atoms with Gasteiger partial charge in [0.1, 0.15) is 11.8 Å². The largest absolute Gasteiger partial charge is 0.456 e. The molecule has 1 aliphatic rings. The number of nitrogens with zero attached hydrogens (tertiary/aromatic N) is 3. The predicted octanol–water partition coefficient (Wildman–Crippen LogP) is 1.37. The lowest BCUT2D eigenvalue weighted by molar-refractivity contribution is -0.165. The van der Waals surface area contributed by atoms with Gasteiger partial charge >= 0.3 is 17.6 Å². The molecule has 0 saturated carbocycles. The standard InChI is InChI=1S/C22H23N3O8/c1-4-16-19(30-12(2)26)20(31-13(3)27)21(32-16)24-10-9-18(28)25(22(24)29)11-15-14-7-5-6-8-17(14)33-23-15/h5-10,16,19-21H,4,11H2,1-3H3/t16-,19?,20+,21-/m1/s1. The molecule has 2 aromatic heterocycles. The minimum Gasteiger partial charge on any atom is -0.456 e. The van der Waals surface area contributed by atoms with Gasteiger partial charge in [-0.1, -0.05) is 24.2 Å². The lowest BCUT2D eigenvalue weighted by Crippen LogP contribution is -2.45. The fourth-order valence-corrected chi connectivity index (χ4v) is 3.98. The lowest BCUT2D eigenvalue weighted by atomic mass is 10.1. The zero-order chi connectivity index (χ0) is 23.7. The van der Waals surface area contributed by atoms with E-state index in [2.05, 4.69) is 5.16 Å². The third kappa shape index (κ3) is 4.31. The number of carbonyl (C=O) groups is 2. The molecule has 33 heavy (non-hydrogen) atoms. The molecule has 1 unspecified atom stereocenters. The number of benzene rings is 1. The Bertz CT molecular complexity index is 1310. The van der Waals surface area contributed by atoms with Gasteiger partial charge in [0.25, 0.3) is 5.56 Å². The zero-order valence-corrected chi connectivity index (χ0v) is 18.3. The van der Waals surface area contributed by atoms with Crippen molar-refractivity contribution in [3.05, 3.63) is 63.1 Å². The second-order valence-electron chi connectivity index (χ2n) is 7.68. The van der Waals surface area contributed by atoms with Crippen molar-refractivity contribution in [3.8, 4) is 0 Å². The van der Waals surface area contributed by atoms with Crippen LogP contribution < -0.4 is 11.2 Å². The van der Waals surface area contributed by atoms with Gasteiger partial charge in [0, 0.05) is 31.5 Å². The number of para-hydroxylation sites is 1. The number of aromatic nitrogens is 3. The van der Waals surface area contributed by atoms with Crippen LogP contribution in [0.2, 0.25) is 0 Å². The van der Waals surface area contributed by atoms with Gasteiger partial charge in [0.15, 0.2) is 24.0 Å². The van der Waals surface area contributed by atoms with E-state index < -0.39 is 47.7 Å². The van der Waals surface area contributed by atoms with Gasteiger partial charge in [-0.3, -0.25) is 23.5 Å². The van der Waals surface area contributed by atoms with Crippen LogP contribution in [0.15, 0.2) is 50.6 Å². The van der Waals surface area contributed by atoms with Crippen molar-refractivity contribution < 1.29 is 28.3 Å². The molecule has 0 amide bonds. The third-order valence-electron chi connectivity index (χ3n) is 5.42. The SMILES string of the molecule is CC[C@H]1O[C@@H](n2ccc(=O)n(Cc3noc4ccccc34)c2=O)[C@@H](OC(C)=O)C1OC(C)=O. The lowest BCUT2D eigenvalue weighted by Gasteiger charge is -2.24. The first-order valence-electron chi connectivity index (χ1n) is 10.4. The molecule has 0 aliphatic carbocycles. The Kier molecular flexibility index (Phi) is 6.14. The van der Waals surface area contributed by atoms with E-state index in [1.54, 1.807) is 24.3 Å². The van der Waals surface area contributed by atoms with Gasteiger partial charge in [0.2, 0.25) is 0 Å². The molecular formula is C22H23N3O8. The van der Waals surface area contributed by atoms with Crippen molar-refractivity contribution in [1.82, 2.24) is 14.3 Å². The van der Waals surface area contributed by atoms with Crippen LogP contribution >= 0.6 is 0 Å². The summed E-state index contributed by atoms with van der Waals surface area (Å²) >= 11 is 0. The molecule has 1 fully saturated rings. The first-order chi connectivity index (χ1) is 15.8. The van der Waals surface area contributed by atoms with E-state index in [-0.39, 0.29) is 6.54 Å². The second kappa shape index (κ2) is 9.02. The van der Waals surface area contributed by atoms with E-state index in [9.17, 15) is 19.2 Å². The van der Waals surface area contributed by atoms with E-state index >= 15 is 0 Å². The molecule has 0 spiro atoms. The number of fused-ring (bicyclic) bond motifs is 1. The average molecular weight is 457 g/mol. The summed E-state index contributed by atoms with van der Waals surface area (Å²) in [4.78, 5) is 49.3. The summed E-state index contributed by atoms with van der Waals surface area (Å²) in [5.41, 5.74) is -0.305. The molecule has 11 nitrogen and oxygen atoms in total. The number of hydrogen-bond acceptors (Lipinski definition) is 9. The Morgan fingerprint density at radius 1 is 1.06 bits per heavy atom. The number of ether oxygens (including phenoxy) is 3. The van der Waals surface area contributed by atoms with Gasteiger partial charge in [-0.25, -0.2) is 4.79 Å². The van der Waals surface area contributed by atoms with Crippen LogP contribution in [0, 0.1) is 0 Å². The highest BCUT2D eigenvalue weighted by Crippen LogP contribution is 2.34. The molecule has 1 saturated heterocycles. The topological polar surface area (TPSA) is 132 Å². The summed E-state index contributed by atoms with van der Waals surface area (Å²) in [6.45, 7) is 4.12. The molecule has 4 rings (SSSR count). The number of hydrogen-bond donors (Lipinski definition) is 0. The van der Waals surface area contributed by atoms with Crippen molar-refractivity contribution in [3.63, 3.8) is 0 Å². The third-order valence-corrected chi connectivity index (χ3v) is 5.42. The molecule has 3 aromatic rings. The summed E-state index contributed by atoms with van der Waals surface area (Å²) in [5, 5.41) is 4.66. The monoisotopic (exact) mass is 457 g/mol. The van der Waals surface area contributed by atoms with E-state index in [0.29, 0.717) is 23.1 Å². The highest BCUT2D eigenvalue weighted by Gasteiger charge is 2.49. The zero-order valence-electron chi connectivity index (χ0n) is 18.3. The smallest absolute Gasteiger partial charge is 0.333 e. The quantitative estimate of drug-likeness (QED) is 0.503. The molecule has 0 N–H and O–H groups in total. The Hall–Kier alpha value is -3.73. The molecule has 174 valence electrons. The van der Waals surface area contributed by atoms with Crippen molar-refractivity contribution in [2.45, 2.75) is 58.3 Å². The van der Waals surface area contributed by atoms with Crippen molar-refractivity contribution in [1.29, 1.82) is 0 Å². The summed E-state index contributed by atoms with van der Waals surface area (Å²) in [6.07, 6.45) is -2.00. The van der Waals surface area contributed by atoms with Crippen LogP contribution in [-0.2, 0) is 30.3 Å². The van der Waals surface area contributed by atoms with Crippen LogP contribution in [0.1, 0.15) is 39.1 Å². The van der Waals surface area contributed by atoms with Crippen molar-refractivity contribution in [2.24, 2.45) is 0 Å². The summed E-state index contributed by atoms with van der Waals surface area (Å²) in [5.74, 6) is -1.20. The molecule has 1 aliphatic heterocycles. The molecule has 4 atom stereocenters. The summed E-state index contributed by atoms with van der Waals surface area (Å²) in [6, 6.07) is 8.30. The van der Waals surface area contributed by atoms with E-state index in [1.165, 1.54) is 26.1 Å². The van der Waals surface area contributed by atoms with Crippen LogP contribution in [0.5, 0.6) is 0 Å². The minimum absolute atomic E-state index is 0.134. The summed E-state index contributed by atoms with van der Waals surface area (Å²) < 4.78 is 24.1. The normalized spacial score (nSPS) is 22.4. The Labute approximate surface area is 187 Å². The maximum Gasteiger partial charge on any atom is 0.333 e.